The molecule has 1 aliphatic heterocycles. The first-order valence-electron chi connectivity index (χ1n) is 6.74. The zero-order chi connectivity index (χ0) is 13.1. The Morgan fingerprint density at radius 1 is 1.16 bits per heavy atom. The van der Waals surface area contributed by atoms with Gasteiger partial charge in [0.15, 0.2) is 0 Å². The number of likely N-dealkylation sites (tertiary alicyclic amines) is 1. The maximum absolute atomic E-state index is 12.6. The van der Waals surface area contributed by atoms with Gasteiger partial charge in [0.2, 0.25) is 0 Å². The molecule has 0 radical (unpaired) electrons. The van der Waals surface area contributed by atoms with E-state index in [1.165, 1.54) is 0 Å². The molecule has 3 rings (SSSR count). The van der Waals surface area contributed by atoms with Crippen LogP contribution in [-0.4, -0.2) is 17.4 Å². The molecule has 19 heavy (non-hydrogen) atoms. The van der Waals surface area contributed by atoms with Crippen molar-refractivity contribution >= 4 is 5.91 Å². The summed E-state index contributed by atoms with van der Waals surface area (Å²) in [5.74, 6) is 0.117. The quantitative estimate of drug-likeness (QED) is 0.820. The Morgan fingerprint density at radius 3 is 2.74 bits per heavy atom. The smallest absolute Gasteiger partial charge is 0.254 e. The van der Waals surface area contributed by atoms with Gasteiger partial charge in [-0.25, -0.2) is 0 Å². The topological polar surface area (TPSA) is 33.5 Å². The van der Waals surface area contributed by atoms with Crippen LogP contribution in [-0.2, 0) is 0 Å². The molecule has 0 N–H and O–H groups in total. The molecule has 1 fully saturated rings. The van der Waals surface area contributed by atoms with Crippen LogP contribution in [0.4, 0.5) is 0 Å². The molecular weight excluding hydrogens is 238 g/mol. The van der Waals surface area contributed by atoms with Crippen molar-refractivity contribution in [1.29, 1.82) is 0 Å². The van der Waals surface area contributed by atoms with Gasteiger partial charge >= 0.3 is 0 Å². The number of carbonyl (C=O) groups is 1. The molecule has 1 aromatic heterocycles. The summed E-state index contributed by atoms with van der Waals surface area (Å²) in [6.45, 7) is 0.823. The summed E-state index contributed by atoms with van der Waals surface area (Å²) in [4.78, 5) is 14.6. The Kier molecular flexibility index (Phi) is 3.36. The lowest BCUT2D eigenvalue weighted by Crippen LogP contribution is -2.38. The van der Waals surface area contributed by atoms with Gasteiger partial charge in [-0.3, -0.25) is 4.79 Å². The Hall–Kier alpha value is -2.03. The van der Waals surface area contributed by atoms with Crippen LogP contribution < -0.4 is 0 Å². The molecule has 1 atom stereocenters. The van der Waals surface area contributed by atoms with Crippen LogP contribution in [0.3, 0.4) is 0 Å². The molecule has 98 valence electrons. The summed E-state index contributed by atoms with van der Waals surface area (Å²) in [5.41, 5.74) is 1.86. The Balaban J connectivity index is 1.87. The molecule has 0 saturated carbocycles. The fourth-order valence-electron chi connectivity index (χ4n) is 2.73. The Morgan fingerprint density at radius 2 is 2.00 bits per heavy atom. The van der Waals surface area contributed by atoms with E-state index in [-0.39, 0.29) is 11.9 Å². The van der Waals surface area contributed by atoms with Crippen molar-refractivity contribution < 1.29 is 9.21 Å². The third-order valence-electron chi connectivity index (χ3n) is 3.71. The normalized spacial score (nSPS) is 19.4. The highest BCUT2D eigenvalue weighted by Crippen LogP contribution is 2.32. The van der Waals surface area contributed by atoms with Gasteiger partial charge in [0.25, 0.3) is 5.91 Å². The fourth-order valence-corrected chi connectivity index (χ4v) is 2.73. The SMILES string of the molecule is O=C(c1ccccc1)N1CCCC[C@@H]1c1ccoc1. The first-order valence-corrected chi connectivity index (χ1v) is 6.74. The number of furan rings is 1. The predicted molar refractivity (Wildman–Crippen MR) is 72.8 cm³/mol. The zero-order valence-electron chi connectivity index (χ0n) is 10.8. The standard InChI is InChI=1S/C16H17NO2/c18-16(13-6-2-1-3-7-13)17-10-5-4-8-15(17)14-9-11-19-12-14/h1-3,6-7,9,11-12,15H,4-5,8,10H2/t15-/m1/s1. The molecule has 1 aliphatic rings. The monoisotopic (exact) mass is 255 g/mol. The lowest BCUT2D eigenvalue weighted by molar-refractivity contribution is 0.0611. The van der Waals surface area contributed by atoms with E-state index < -0.39 is 0 Å². The number of piperidine rings is 1. The molecule has 2 heterocycles. The Bertz CT molecular complexity index is 533. The summed E-state index contributed by atoms with van der Waals surface area (Å²) < 4.78 is 5.16. The van der Waals surface area contributed by atoms with E-state index in [9.17, 15) is 4.79 Å². The summed E-state index contributed by atoms with van der Waals surface area (Å²) in [6.07, 6.45) is 6.68. The van der Waals surface area contributed by atoms with Crippen molar-refractivity contribution in [2.24, 2.45) is 0 Å². The number of hydrogen-bond donors (Lipinski definition) is 0. The van der Waals surface area contributed by atoms with E-state index in [1.807, 2.05) is 41.3 Å². The fraction of sp³-hybridized carbons (Fsp3) is 0.312. The summed E-state index contributed by atoms with van der Waals surface area (Å²) >= 11 is 0. The predicted octanol–water partition coefficient (Wildman–Crippen LogP) is 3.65. The molecule has 1 saturated heterocycles. The maximum atomic E-state index is 12.6. The van der Waals surface area contributed by atoms with Crippen molar-refractivity contribution in [1.82, 2.24) is 4.90 Å². The molecule has 1 aromatic carbocycles. The third kappa shape index (κ3) is 2.41. The van der Waals surface area contributed by atoms with E-state index in [2.05, 4.69) is 0 Å². The van der Waals surface area contributed by atoms with E-state index in [0.717, 1.165) is 36.9 Å². The summed E-state index contributed by atoms with van der Waals surface area (Å²) in [5, 5.41) is 0. The highest BCUT2D eigenvalue weighted by Gasteiger charge is 2.29. The van der Waals surface area contributed by atoms with Gasteiger partial charge in [-0.05, 0) is 37.5 Å². The molecule has 3 nitrogen and oxygen atoms in total. The molecule has 2 aromatic rings. The van der Waals surface area contributed by atoms with Crippen LogP contribution in [0.2, 0.25) is 0 Å². The highest BCUT2D eigenvalue weighted by molar-refractivity contribution is 5.94. The van der Waals surface area contributed by atoms with Crippen molar-refractivity contribution in [2.75, 3.05) is 6.54 Å². The van der Waals surface area contributed by atoms with E-state index in [0.29, 0.717) is 0 Å². The minimum atomic E-state index is 0.117. The van der Waals surface area contributed by atoms with Crippen molar-refractivity contribution in [2.45, 2.75) is 25.3 Å². The molecule has 3 heteroatoms. The lowest BCUT2D eigenvalue weighted by atomic mass is 9.96. The number of hydrogen-bond acceptors (Lipinski definition) is 2. The lowest BCUT2D eigenvalue weighted by Gasteiger charge is -2.35. The second-order valence-corrected chi connectivity index (χ2v) is 4.93. The highest BCUT2D eigenvalue weighted by atomic mass is 16.3. The average molecular weight is 255 g/mol. The minimum Gasteiger partial charge on any atom is -0.472 e. The van der Waals surface area contributed by atoms with Gasteiger partial charge in [-0.1, -0.05) is 18.2 Å². The maximum Gasteiger partial charge on any atom is 0.254 e. The van der Waals surface area contributed by atoms with Crippen LogP contribution >= 0.6 is 0 Å². The van der Waals surface area contributed by atoms with Gasteiger partial charge in [0.05, 0.1) is 18.6 Å². The van der Waals surface area contributed by atoms with Crippen molar-refractivity contribution in [3.8, 4) is 0 Å². The second kappa shape index (κ2) is 5.31. The summed E-state index contributed by atoms with van der Waals surface area (Å²) in [7, 11) is 0. The summed E-state index contributed by atoms with van der Waals surface area (Å²) in [6, 6.07) is 11.6. The number of rotatable bonds is 2. The molecule has 0 unspecified atom stereocenters. The van der Waals surface area contributed by atoms with Crippen LogP contribution in [0.25, 0.3) is 0 Å². The molecule has 0 spiro atoms. The third-order valence-corrected chi connectivity index (χ3v) is 3.71. The molecule has 0 aliphatic carbocycles. The van der Waals surface area contributed by atoms with Crippen LogP contribution in [0.15, 0.2) is 53.3 Å². The van der Waals surface area contributed by atoms with Gasteiger partial charge in [0.1, 0.15) is 0 Å². The number of benzene rings is 1. The van der Waals surface area contributed by atoms with Gasteiger partial charge in [0, 0.05) is 17.7 Å². The number of nitrogens with zero attached hydrogens (tertiary/aromatic N) is 1. The van der Waals surface area contributed by atoms with E-state index >= 15 is 0 Å². The molecule has 0 bridgehead atoms. The first kappa shape index (κ1) is 12.0. The molecular formula is C16H17NO2. The number of carbonyl (C=O) groups excluding carboxylic acids is 1. The average Bonchev–Trinajstić information content (AvgIpc) is 3.01. The Labute approximate surface area is 112 Å². The van der Waals surface area contributed by atoms with Gasteiger partial charge in [-0.15, -0.1) is 0 Å². The van der Waals surface area contributed by atoms with Crippen LogP contribution in [0.5, 0.6) is 0 Å². The number of amides is 1. The second-order valence-electron chi connectivity index (χ2n) is 4.93. The van der Waals surface area contributed by atoms with E-state index in [1.54, 1.807) is 12.5 Å². The first-order chi connectivity index (χ1) is 9.36. The van der Waals surface area contributed by atoms with Crippen LogP contribution in [0.1, 0.15) is 41.2 Å². The van der Waals surface area contributed by atoms with Gasteiger partial charge in [-0.2, -0.15) is 0 Å². The van der Waals surface area contributed by atoms with E-state index in [4.69, 9.17) is 4.42 Å². The molecule has 1 amide bonds. The van der Waals surface area contributed by atoms with Gasteiger partial charge < -0.3 is 9.32 Å². The van der Waals surface area contributed by atoms with Crippen molar-refractivity contribution in [3.05, 3.63) is 60.1 Å². The van der Waals surface area contributed by atoms with Crippen molar-refractivity contribution in [3.63, 3.8) is 0 Å². The largest absolute Gasteiger partial charge is 0.472 e. The zero-order valence-corrected chi connectivity index (χ0v) is 10.8. The van der Waals surface area contributed by atoms with Crippen LogP contribution in [0, 0.1) is 0 Å². The minimum absolute atomic E-state index is 0.117.